The summed E-state index contributed by atoms with van der Waals surface area (Å²) in [5.41, 5.74) is 0.262. The van der Waals surface area contributed by atoms with Crippen LogP contribution in [0.25, 0.3) is 10.6 Å². The van der Waals surface area contributed by atoms with E-state index in [0.717, 1.165) is 11.3 Å². The maximum Gasteiger partial charge on any atom is 0.306 e. The minimum Gasteiger partial charge on any atom is -0.481 e. The molecule has 4 rings (SSSR count). The van der Waals surface area contributed by atoms with Crippen molar-refractivity contribution in [1.82, 2.24) is 10.3 Å². The van der Waals surface area contributed by atoms with Crippen molar-refractivity contribution in [3.63, 3.8) is 0 Å². The summed E-state index contributed by atoms with van der Waals surface area (Å²) in [5.74, 6) is -0.403. The van der Waals surface area contributed by atoms with E-state index in [1.54, 1.807) is 0 Å². The van der Waals surface area contributed by atoms with Crippen molar-refractivity contribution >= 4 is 23.2 Å². The molecular weight excluding hydrogens is 304 g/mol. The van der Waals surface area contributed by atoms with E-state index in [2.05, 4.69) is 10.3 Å². The van der Waals surface area contributed by atoms with Gasteiger partial charge in [-0.05, 0) is 36.1 Å². The number of hydrogen-bond acceptors (Lipinski definition) is 5. The monoisotopic (exact) mass is 318 g/mol. The van der Waals surface area contributed by atoms with Gasteiger partial charge in [0.05, 0.1) is 10.8 Å². The van der Waals surface area contributed by atoms with Crippen molar-refractivity contribution in [3.05, 3.63) is 29.6 Å². The third-order valence-electron chi connectivity index (χ3n) is 4.59. The second kappa shape index (κ2) is 4.95. The standard InChI is InChI=1S/C15H14N2O4S/c18-14(12-13(21-6-16-12)11-2-1-3-22-11)17-10-5-9(15(19)20)7-4-8(7)10/h1-3,6-10H,4-5H2,(H,17,18)(H,19,20)/t7-,8+,9-,10+/m1/s1. The van der Waals surface area contributed by atoms with Gasteiger partial charge in [0, 0.05) is 6.04 Å². The molecular formula is C15H14N2O4S. The summed E-state index contributed by atoms with van der Waals surface area (Å²) in [7, 11) is 0. The predicted octanol–water partition coefficient (Wildman–Crippen LogP) is 2.24. The zero-order valence-electron chi connectivity index (χ0n) is 11.6. The maximum atomic E-state index is 12.4. The van der Waals surface area contributed by atoms with Crippen LogP contribution in [0.5, 0.6) is 0 Å². The van der Waals surface area contributed by atoms with Gasteiger partial charge in [0.2, 0.25) is 0 Å². The fraction of sp³-hybridized carbons (Fsp3) is 0.400. The minimum atomic E-state index is -0.759. The van der Waals surface area contributed by atoms with E-state index in [1.165, 1.54) is 17.7 Å². The number of hydrogen-bond donors (Lipinski definition) is 2. The van der Waals surface area contributed by atoms with Crippen molar-refractivity contribution in [3.8, 4) is 10.6 Å². The van der Waals surface area contributed by atoms with Gasteiger partial charge in [0.1, 0.15) is 0 Å². The molecule has 2 aromatic rings. The molecule has 0 saturated heterocycles. The number of carbonyl (C=O) groups excluding carboxylic acids is 1. The Labute approximate surface area is 130 Å². The molecule has 0 bridgehead atoms. The fourth-order valence-corrected chi connectivity index (χ4v) is 4.17. The van der Waals surface area contributed by atoms with Crippen LogP contribution in [0.2, 0.25) is 0 Å². The second-order valence-corrected chi connectivity index (χ2v) is 6.78. The van der Waals surface area contributed by atoms with Crippen LogP contribution in [0.4, 0.5) is 0 Å². The van der Waals surface area contributed by atoms with E-state index in [1.807, 2.05) is 17.5 Å². The molecule has 2 heterocycles. The summed E-state index contributed by atoms with van der Waals surface area (Å²) in [6.07, 6.45) is 2.65. The summed E-state index contributed by atoms with van der Waals surface area (Å²) < 4.78 is 5.34. The molecule has 1 amide bonds. The first-order chi connectivity index (χ1) is 10.6. The van der Waals surface area contributed by atoms with Crippen LogP contribution >= 0.6 is 11.3 Å². The largest absolute Gasteiger partial charge is 0.481 e. The van der Waals surface area contributed by atoms with Crippen LogP contribution in [-0.4, -0.2) is 28.0 Å². The van der Waals surface area contributed by atoms with Crippen molar-refractivity contribution in [2.75, 3.05) is 0 Å². The van der Waals surface area contributed by atoms with E-state index in [4.69, 9.17) is 4.42 Å². The lowest BCUT2D eigenvalue weighted by molar-refractivity contribution is -0.142. The quantitative estimate of drug-likeness (QED) is 0.902. The Morgan fingerprint density at radius 2 is 2.23 bits per heavy atom. The summed E-state index contributed by atoms with van der Waals surface area (Å²) in [6, 6.07) is 3.67. The Kier molecular flexibility index (Phi) is 3.04. The number of aliphatic carboxylic acids is 1. The Morgan fingerprint density at radius 1 is 1.36 bits per heavy atom. The van der Waals surface area contributed by atoms with Crippen molar-refractivity contribution in [1.29, 1.82) is 0 Å². The highest BCUT2D eigenvalue weighted by atomic mass is 32.1. The zero-order valence-corrected chi connectivity index (χ0v) is 12.4. The predicted molar refractivity (Wildman–Crippen MR) is 78.4 cm³/mol. The van der Waals surface area contributed by atoms with Gasteiger partial charge >= 0.3 is 5.97 Å². The topological polar surface area (TPSA) is 92.4 Å². The maximum absolute atomic E-state index is 12.4. The first kappa shape index (κ1) is 13.5. The van der Waals surface area contributed by atoms with Crippen LogP contribution in [-0.2, 0) is 4.79 Å². The van der Waals surface area contributed by atoms with E-state index in [-0.39, 0.29) is 29.5 Å². The molecule has 0 radical (unpaired) electrons. The third-order valence-corrected chi connectivity index (χ3v) is 5.46. The fourth-order valence-electron chi connectivity index (χ4n) is 3.46. The molecule has 0 unspecified atom stereocenters. The van der Waals surface area contributed by atoms with Gasteiger partial charge in [-0.15, -0.1) is 11.3 Å². The second-order valence-electron chi connectivity index (χ2n) is 5.83. The average molecular weight is 318 g/mol. The molecule has 0 aliphatic heterocycles. The molecule has 0 spiro atoms. The number of oxazole rings is 1. The van der Waals surface area contributed by atoms with Gasteiger partial charge in [0.15, 0.2) is 17.8 Å². The number of nitrogens with zero attached hydrogens (tertiary/aromatic N) is 1. The molecule has 2 aliphatic carbocycles. The molecule has 114 valence electrons. The molecule has 2 saturated carbocycles. The van der Waals surface area contributed by atoms with Gasteiger partial charge in [-0.2, -0.15) is 0 Å². The number of fused-ring (bicyclic) bond motifs is 1. The van der Waals surface area contributed by atoms with E-state index >= 15 is 0 Å². The van der Waals surface area contributed by atoms with Crippen molar-refractivity contribution in [2.45, 2.75) is 18.9 Å². The zero-order chi connectivity index (χ0) is 15.3. The summed E-state index contributed by atoms with van der Waals surface area (Å²) >= 11 is 1.48. The first-order valence-corrected chi connectivity index (χ1v) is 8.04. The van der Waals surface area contributed by atoms with Gasteiger partial charge in [-0.3, -0.25) is 9.59 Å². The number of amides is 1. The lowest BCUT2D eigenvalue weighted by Gasteiger charge is -2.15. The normalized spacial score (nSPS) is 29.1. The van der Waals surface area contributed by atoms with Crippen molar-refractivity contribution in [2.24, 2.45) is 17.8 Å². The van der Waals surface area contributed by atoms with Crippen LogP contribution in [0.1, 0.15) is 23.3 Å². The summed E-state index contributed by atoms with van der Waals surface area (Å²) in [6.45, 7) is 0. The number of carboxylic acids is 1. The first-order valence-electron chi connectivity index (χ1n) is 7.16. The van der Waals surface area contributed by atoms with Gasteiger partial charge in [0.25, 0.3) is 5.91 Å². The third kappa shape index (κ3) is 2.12. The SMILES string of the molecule is O=C(N[C@H]1C[C@@H](C(=O)O)[C@@H]2C[C@@H]21)c1ncoc1-c1cccs1. The van der Waals surface area contributed by atoms with E-state index < -0.39 is 5.97 Å². The van der Waals surface area contributed by atoms with Crippen LogP contribution in [0, 0.1) is 17.8 Å². The molecule has 6 nitrogen and oxygen atoms in total. The number of rotatable bonds is 4. The van der Waals surface area contributed by atoms with E-state index in [0.29, 0.717) is 18.1 Å². The number of aromatic nitrogens is 1. The Morgan fingerprint density at radius 3 is 2.91 bits per heavy atom. The van der Waals surface area contributed by atoms with Crippen LogP contribution in [0.15, 0.2) is 28.3 Å². The van der Waals surface area contributed by atoms with Gasteiger partial charge in [-0.25, -0.2) is 4.98 Å². The Bertz CT molecular complexity index is 724. The van der Waals surface area contributed by atoms with E-state index in [9.17, 15) is 14.7 Å². The van der Waals surface area contributed by atoms with Crippen LogP contribution < -0.4 is 5.32 Å². The molecule has 2 N–H and O–H groups in total. The van der Waals surface area contributed by atoms with Gasteiger partial charge < -0.3 is 14.8 Å². The molecule has 2 aromatic heterocycles. The smallest absolute Gasteiger partial charge is 0.306 e. The van der Waals surface area contributed by atoms with Crippen molar-refractivity contribution < 1.29 is 19.1 Å². The number of thiophene rings is 1. The molecule has 22 heavy (non-hydrogen) atoms. The Balaban J connectivity index is 1.50. The molecule has 4 atom stereocenters. The number of carbonyl (C=O) groups is 2. The number of carboxylic acid groups (broad SMARTS) is 1. The highest BCUT2D eigenvalue weighted by Gasteiger charge is 2.57. The number of nitrogens with one attached hydrogen (secondary N) is 1. The Hall–Kier alpha value is -2.15. The van der Waals surface area contributed by atoms with Gasteiger partial charge in [-0.1, -0.05) is 6.07 Å². The highest BCUT2D eigenvalue weighted by Crippen LogP contribution is 2.55. The summed E-state index contributed by atoms with van der Waals surface area (Å²) in [5, 5.41) is 14.0. The average Bonchev–Trinajstić information content (AvgIpc) is 2.90. The highest BCUT2D eigenvalue weighted by molar-refractivity contribution is 7.13. The molecule has 7 heteroatoms. The molecule has 0 aromatic carbocycles. The molecule has 2 aliphatic rings. The summed E-state index contributed by atoms with van der Waals surface area (Å²) in [4.78, 5) is 28.5. The van der Waals surface area contributed by atoms with Crippen LogP contribution in [0.3, 0.4) is 0 Å². The molecule has 2 fully saturated rings. The lowest BCUT2D eigenvalue weighted by Crippen LogP contribution is -2.36. The minimum absolute atomic E-state index is 0.0773. The lowest BCUT2D eigenvalue weighted by atomic mass is 10.0.